The van der Waals surface area contributed by atoms with Crippen LogP contribution < -0.4 is 15.5 Å². The van der Waals surface area contributed by atoms with Crippen molar-refractivity contribution in [3.8, 4) is 5.69 Å². The number of aryl methyl sites for hydroxylation is 1. The van der Waals surface area contributed by atoms with Crippen LogP contribution in [0, 0.1) is 19.7 Å². The molecule has 1 fully saturated rings. The van der Waals surface area contributed by atoms with Gasteiger partial charge in [0.25, 0.3) is 0 Å². The van der Waals surface area contributed by atoms with E-state index >= 15 is 0 Å². The number of nitrogens with zero attached hydrogens (tertiary/aromatic N) is 4. The van der Waals surface area contributed by atoms with Gasteiger partial charge in [-0.15, -0.1) is 0 Å². The lowest BCUT2D eigenvalue weighted by molar-refractivity contribution is -0.116. The average Bonchev–Trinajstić information content (AvgIpc) is 3.43. The van der Waals surface area contributed by atoms with E-state index in [0.29, 0.717) is 11.7 Å². The standard InChI is InChI=1S/C31H33FN6OS/c1-20-19-24(21(2)38(20)23-14-12-22(13-15-23)36(3)4)30-29(27-11-7-8-17-33-27)35-31(40)37(30)18-16-28(39)34-26-10-6-5-9-25(26)32/h5-15,17,19,29-30H,16,18H2,1-4H3,(H,34,39)(H,35,40)/t29-,30-/m0/s1. The number of anilines is 2. The second-order valence-electron chi connectivity index (χ2n) is 10.2. The Labute approximate surface area is 239 Å². The first kappa shape index (κ1) is 27.3. The molecular weight excluding hydrogens is 523 g/mol. The molecule has 0 radical (unpaired) electrons. The number of hydrogen-bond donors (Lipinski definition) is 2. The Kier molecular flexibility index (Phi) is 7.84. The molecule has 2 N–H and O–H groups in total. The molecule has 1 aliphatic heterocycles. The van der Waals surface area contributed by atoms with Gasteiger partial charge in [0.15, 0.2) is 5.11 Å². The molecule has 2 atom stereocenters. The minimum atomic E-state index is -0.464. The SMILES string of the molecule is Cc1cc([C@H]2[C@H](c3ccccn3)NC(=S)N2CCC(=O)Nc2ccccc2F)c(C)n1-c1ccc(N(C)C)cc1. The third-order valence-electron chi connectivity index (χ3n) is 7.34. The molecule has 0 saturated carbocycles. The molecule has 1 saturated heterocycles. The van der Waals surface area contributed by atoms with Crippen LogP contribution in [0.3, 0.4) is 0 Å². The fraction of sp³-hybridized carbons (Fsp3) is 0.258. The van der Waals surface area contributed by atoms with Gasteiger partial charge in [-0.2, -0.15) is 0 Å². The summed E-state index contributed by atoms with van der Waals surface area (Å²) >= 11 is 5.80. The number of rotatable bonds is 8. The maximum atomic E-state index is 14.1. The Balaban J connectivity index is 1.47. The fourth-order valence-corrected chi connectivity index (χ4v) is 5.70. The van der Waals surface area contributed by atoms with Gasteiger partial charge in [-0.3, -0.25) is 9.78 Å². The molecule has 5 rings (SSSR count). The number of benzene rings is 2. The predicted octanol–water partition coefficient (Wildman–Crippen LogP) is 5.70. The van der Waals surface area contributed by atoms with Crippen molar-refractivity contribution in [1.82, 2.24) is 19.8 Å². The topological polar surface area (TPSA) is 65.4 Å². The average molecular weight is 557 g/mol. The van der Waals surface area contributed by atoms with Gasteiger partial charge < -0.3 is 25.0 Å². The summed E-state index contributed by atoms with van der Waals surface area (Å²) in [5.74, 6) is -0.743. The summed E-state index contributed by atoms with van der Waals surface area (Å²) in [4.78, 5) is 21.6. The van der Waals surface area contributed by atoms with Gasteiger partial charge in [0.2, 0.25) is 5.91 Å². The highest BCUT2D eigenvalue weighted by Crippen LogP contribution is 2.41. The highest BCUT2D eigenvalue weighted by atomic mass is 32.1. The van der Waals surface area contributed by atoms with Gasteiger partial charge in [-0.05, 0) is 86.2 Å². The van der Waals surface area contributed by atoms with Crippen LogP contribution in [-0.2, 0) is 4.79 Å². The van der Waals surface area contributed by atoms with Crippen LogP contribution in [0.25, 0.3) is 5.69 Å². The molecule has 3 heterocycles. The van der Waals surface area contributed by atoms with Crippen LogP contribution in [0.15, 0.2) is 79.0 Å². The van der Waals surface area contributed by atoms with Gasteiger partial charge in [-0.25, -0.2) is 4.39 Å². The third kappa shape index (κ3) is 5.42. The highest BCUT2D eigenvalue weighted by Gasteiger charge is 2.41. The van der Waals surface area contributed by atoms with Crippen molar-refractivity contribution in [1.29, 1.82) is 0 Å². The molecule has 0 aliphatic carbocycles. The molecule has 0 spiro atoms. The molecule has 7 nitrogen and oxygen atoms in total. The van der Waals surface area contributed by atoms with Gasteiger partial charge in [0.1, 0.15) is 5.82 Å². The quantitative estimate of drug-likeness (QED) is 0.272. The van der Waals surface area contributed by atoms with Crippen LogP contribution in [0.1, 0.15) is 41.1 Å². The lowest BCUT2D eigenvalue weighted by Gasteiger charge is -2.28. The van der Waals surface area contributed by atoms with E-state index < -0.39 is 5.82 Å². The number of thiocarbonyl (C=S) groups is 1. The maximum absolute atomic E-state index is 14.1. The number of carbonyl (C=O) groups is 1. The summed E-state index contributed by atoms with van der Waals surface area (Å²) < 4.78 is 16.3. The minimum Gasteiger partial charge on any atom is -0.378 e. The number of para-hydroxylation sites is 1. The van der Waals surface area contributed by atoms with Gasteiger partial charge in [-0.1, -0.05) is 18.2 Å². The zero-order chi connectivity index (χ0) is 28.4. The Morgan fingerprint density at radius 3 is 2.48 bits per heavy atom. The number of carbonyl (C=O) groups excluding carboxylic acids is 1. The summed E-state index contributed by atoms with van der Waals surface area (Å²) in [6.07, 6.45) is 1.92. The molecule has 9 heteroatoms. The van der Waals surface area contributed by atoms with E-state index in [4.69, 9.17) is 12.2 Å². The predicted molar refractivity (Wildman–Crippen MR) is 161 cm³/mol. The van der Waals surface area contributed by atoms with Crippen molar-refractivity contribution in [3.63, 3.8) is 0 Å². The van der Waals surface area contributed by atoms with Crippen LogP contribution in [0.5, 0.6) is 0 Å². The maximum Gasteiger partial charge on any atom is 0.226 e. The lowest BCUT2D eigenvalue weighted by Crippen LogP contribution is -2.33. The Hall–Kier alpha value is -4.24. The first-order chi connectivity index (χ1) is 19.2. The molecule has 2 aromatic carbocycles. The molecule has 2 aromatic heterocycles. The van der Waals surface area contributed by atoms with E-state index in [2.05, 4.69) is 74.2 Å². The summed E-state index contributed by atoms with van der Waals surface area (Å²) in [5.41, 5.74) is 6.53. The summed E-state index contributed by atoms with van der Waals surface area (Å²) in [6, 6.07) is 22.3. The Bertz CT molecular complexity index is 1520. The van der Waals surface area contributed by atoms with E-state index in [9.17, 15) is 9.18 Å². The zero-order valence-electron chi connectivity index (χ0n) is 23.1. The second kappa shape index (κ2) is 11.5. The normalized spacial score (nSPS) is 16.6. The van der Waals surface area contributed by atoms with E-state index in [0.717, 1.165) is 34.0 Å². The van der Waals surface area contributed by atoms with Crippen LogP contribution in [0.2, 0.25) is 0 Å². The number of nitrogens with one attached hydrogen (secondary N) is 2. The largest absolute Gasteiger partial charge is 0.378 e. The molecule has 4 aromatic rings. The van der Waals surface area contributed by atoms with Gasteiger partial charge >= 0.3 is 0 Å². The molecule has 206 valence electrons. The molecule has 0 unspecified atom stereocenters. The summed E-state index contributed by atoms with van der Waals surface area (Å²) in [7, 11) is 4.05. The Morgan fingerprint density at radius 1 is 1.07 bits per heavy atom. The van der Waals surface area contributed by atoms with Crippen molar-refractivity contribution in [3.05, 3.63) is 107 Å². The Morgan fingerprint density at radius 2 is 1.80 bits per heavy atom. The van der Waals surface area contributed by atoms with Crippen molar-refractivity contribution in [2.24, 2.45) is 0 Å². The third-order valence-corrected chi connectivity index (χ3v) is 7.69. The first-order valence-electron chi connectivity index (χ1n) is 13.2. The monoisotopic (exact) mass is 556 g/mol. The highest BCUT2D eigenvalue weighted by molar-refractivity contribution is 7.80. The van der Waals surface area contributed by atoms with Gasteiger partial charge in [0.05, 0.1) is 23.5 Å². The smallest absolute Gasteiger partial charge is 0.226 e. The number of amides is 1. The molecule has 0 bridgehead atoms. The number of pyridine rings is 1. The first-order valence-corrected chi connectivity index (χ1v) is 13.6. The minimum absolute atomic E-state index is 0.145. The second-order valence-corrected chi connectivity index (χ2v) is 10.6. The van der Waals surface area contributed by atoms with E-state index in [-0.39, 0.29) is 30.1 Å². The van der Waals surface area contributed by atoms with E-state index in [1.807, 2.05) is 32.3 Å². The van der Waals surface area contributed by atoms with Gasteiger partial charge in [0, 0.05) is 56.0 Å². The van der Waals surface area contributed by atoms with Crippen LogP contribution >= 0.6 is 12.2 Å². The van der Waals surface area contributed by atoms with Crippen LogP contribution in [-0.4, -0.2) is 46.1 Å². The van der Waals surface area contributed by atoms with Crippen molar-refractivity contribution in [2.45, 2.75) is 32.4 Å². The van der Waals surface area contributed by atoms with E-state index in [1.54, 1.807) is 24.4 Å². The van der Waals surface area contributed by atoms with Crippen molar-refractivity contribution < 1.29 is 9.18 Å². The van der Waals surface area contributed by atoms with Crippen molar-refractivity contribution in [2.75, 3.05) is 30.9 Å². The fourth-order valence-electron chi connectivity index (χ4n) is 5.37. The summed E-state index contributed by atoms with van der Waals surface area (Å²) in [5, 5.41) is 6.69. The zero-order valence-corrected chi connectivity index (χ0v) is 23.9. The van der Waals surface area contributed by atoms with Crippen molar-refractivity contribution >= 4 is 34.6 Å². The molecule has 1 aliphatic rings. The van der Waals surface area contributed by atoms with E-state index in [1.165, 1.54) is 6.07 Å². The molecular formula is C31H33FN6OS. The number of aromatic nitrogens is 2. The lowest BCUT2D eigenvalue weighted by atomic mass is 9.96. The number of halogens is 1. The number of hydrogen-bond acceptors (Lipinski definition) is 4. The molecule has 40 heavy (non-hydrogen) atoms. The summed E-state index contributed by atoms with van der Waals surface area (Å²) in [6.45, 7) is 4.57. The molecule has 1 amide bonds. The van der Waals surface area contributed by atoms with Crippen LogP contribution in [0.4, 0.5) is 15.8 Å².